The Morgan fingerprint density at radius 1 is 0.795 bits per heavy atom. The molecule has 0 aliphatic carbocycles. The fourth-order valence-corrected chi connectivity index (χ4v) is 10.4. The summed E-state index contributed by atoms with van der Waals surface area (Å²) in [5.41, 5.74) is 8.60. The summed E-state index contributed by atoms with van der Waals surface area (Å²) >= 11 is 0. The van der Waals surface area contributed by atoms with Crippen LogP contribution in [0, 0.1) is 30.9 Å². The SMILES string of the molecule is Cc1ccc([N+](=O)[O-])cc1N=P1(c2cc3ccccc3n2C)c2c(c(C)n(-c3ccccc3)c2C)C=NN1c1ccccc1. The smallest absolute Gasteiger partial charge is 0.271 e. The molecule has 3 heterocycles. The summed E-state index contributed by atoms with van der Waals surface area (Å²) < 4.78 is 12.3. The van der Waals surface area contributed by atoms with E-state index in [1.54, 1.807) is 12.1 Å². The molecule has 7 rings (SSSR count). The van der Waals surface area contributed by atoms with E-state index in [0.717, 1.165) is 55.5 Å². The number of aromatic nitrogens is 2. The van der Waals surface area contributed by atoms with Crippen LogP contribution in [0.1, 0.15) is 22.5 Å². The van der Waals surface area contributed by atoms with E-state index in [0.29, 0.717) is 5.69 Å². The molecule has 0 fully saturated rings. The number of hydrazone groups is 1. The van der Waals surface area contributed by atoms with E-state index in [1.165, 1.54) is 6.07 Å². The van der Waals surface area contributed by atoms with E-state index in [-0.39, 0.29) is 10.6 Å². The Morgan fingerprint density at radius 3 is 2.14 bits per heavy atom. The Balaban J connectivity index is 1.70. The molecule has 0 spiro atoms. The van der Waals surface area contributed by atoms with Crippen LogP contribution in [-0.2, 0) is 7.05 Å². The normalized spacial score (nSPS) is 15.9. The van der Waals surface area contributed by atoms with Crippen LogP contribution in [0.25, 0.3) is 16.6 Å². The van der Waals surface area contributed by atoms with Gasteiger partial charge in [0.25, 0.3) is 5.69 Å². The minimum atomic E-state index is -3.06. The number of rotatable bonds is 5. The van der Waals surface area contributed by atoms with Crippen molar-refractivity contribution in [2.75, 3.05) is 4.78 Å². The minimum Gasteiger partial charge on any atom is -0.341 e. The van der Waals surface area contributed by atoms with Gasteiger partial charge in [0.15, 0.2) is 7.21 Å². The molecule has 1 aliphatic heterocycles. The largest absolute Gasteiger partial charge is 0.341 e. The first-order valence-electron chi connectivity index (χ1n) is 14.4. The van der Waals surface area contributed by atoms with Gasteiger partial charge in [-0.25, -0.2) is 9.52 Å². The molecule has 6 aromatic rings. The first-order chi connectivity index (χ1) is 21.3. The van der Waals surface area contributed by atoms with Gasteiger partial charge < -0.3 is 9.13 Å². The molecule has 2 aromatic heterocycles. The number of benzene rings is 4. The number of nitro benzene ring substituents is 1. The van der Waals surface area contributed by atoms with Gasteiger partial charge in [-0.15, -0.1) is 0 Å². The maximum atomic E-state index is 12.0. The van der Waals surface area contributed by atoms with Gasteiger partial charge in [-0.1, -0.05) is 60.7 Å². The lowest BCUT2D eigenvalue weighted by atomic mass is 10.2. The highest BCUT2D eigenvalue weighted by atomic mass is 31.2. The summed E-state index contributed by atoms with van der Waals surface area (Å²) in [7, 11) is -0.982. The second-order valence-electron chi connectivity index (χ2n) is 11.0. The number of para-hydroxylation sites is 3. The number of nitro groups is 1. The Hall–Kier alpha value is -5.20. The van der Waals surface area contributed by atoms with E-state index in [2.05, 4.69) is 65.1 Å². The lowest BCUT2D eigenvalue weighted by Crippen LogP contribution is -2.37. The molecule has 1 aliphatic rings. The summed E-state index contributed by atoms with van der Waals surface area (Å²) in [5, 5.41) is 19.3. The molecule has 0 amide bonds. The Kier molecular flexibility index (Phi) is 6.60. The fraction of sp³-hybridized carbons (Fsp3) is 0.114. The molecule has 1 atom stereocenters. The molecule has 4 aromatic carbocycles. The van der Waals surface area contributed by atoms with Gasteiger partial charge in [0.1, 0.15) is 0 Å². The monoisotopic (exact) mass is 598 g/mol. The highest BCUT2D eigenvalue weighted by Crippen LogP contribution is 2.59. The molecule has 1 unspecified atom stereocenters. The number of aryl methyl sites for hydroxylation is 2. The molecule has 218 valence electrons. The number of non-ortho nitro benzene ring substituents is 1. The zero-order chi connectivity index (χ0) is 30.6. The number of hydrogen-bond donors (Lipinski definition) is 0. The second-order valence-corrected chi connectivity index (χ2v) is 13.7. The summed E-state index contributed by atoms with van der Waals surface area (Å²) in [6, 6.07) is 35.8. The zero-order valence-electron chi connectivity index (χ0n) is 24.9. The van der Waals surface area contributed by atoms with Crippen LogP contribution >= 0.6 is 7.21 Å². The first-order valence-corrected chi connectivity index (χ1v) is 16.1. The van der Waals surface area contributed by atoms with Crippen molar-refractivity contribution in [1.82, 2.24) is 9.13 Å². The Morgan fingerprint density at radius 2 is 1.45 bits per heavy atom. The minimum absolute atomic E-state index is 0.00583. The van der Waals surface area contributed by atoms with E-state index in [4.69, 9.17) is 9.85 Å². The molecular formula is C35H31N6O2P. The lowest BCUT2D eigenvalue weighted by molar-refractivity contribution is -0.384. The molecule has 0 saturated carbocycles. The summed E-state index contributed by atoms with van der Waals surface area (Å²) in [6.07, 6.45) is 1.95. The van der Waals surface area contributed by atoms with E-state index in [1.807, 2.05) is 73.8 Å². The predicted octanol–water partition coefficient (Wildman–Crippen LogP) is 8.06. The van der Waals surface area contributed by atoms with Crippen molar-refractivity contribution >= 4 is 52.1 Å². The van der Waals surface area contributed by atoms with E-state index in [9.17, 15) is 10.1 Å². The number of hydrogen-bond acceptors (Lipinski definition) is 4. The van der Waals surface area contributed by atoms with Gasteiger partial charge in [0, 0.05) is 58.0 Å². The van der Waals surface area contributed by atoms with Gasteiger partial charge in [-0.05, 0) is 62.7 Å². The third-order valence-electron chi connectivity index (χ3n) is 8.44. The molecule has 0 radical (unpaired) electrons. The average Bonchev–Trinajstić information content (AvgIpc) is 3.52. The summed E-state index contributed by atoms with van der Waals surface area (Å²) in [5.74, 6) is 0. The van der Waals surface area contributed by atoms with Crippen LogP contribution in [0.5, 0.6) is 0 Å². The molecular weight excluding hydrogens is 567 g/mol. The van der Waals surface area contributed by atoms with Gasteiger partial charge >= 0.3 is 0 Å². The van der Waals surface area contributed by atoms with Gasteiger partial charge in [-0.3, -0.25) is 10.1 Å². The summed E-state index contributed by atoms with van der Waals surface area (Å²) in [6.45, 7) is 6.22. The van der Waals surface area contributed by atoms with Crippen LogP contribution in [0.4, 0.5) is 17.1 Å². The van der Waals surface area contributed by atoms with Crippen molar-refractivity contribution in [3.8, 4) is 5.69 Å². The molecule has 9 heteroatoms. The maximum Gasteiger partial charge on any atom is 0.271 e. The maximum absolute atomic E-state index is 12.0. The quantitative estimate of drug-likeness (QED) is 0.114. The van der Waals surface area contributed by atoms with Crippen molar-refractivity contribution in [1.29, 1.82) is 0 Å². The third-order valence-corrected chi connectivity index (χ3v) is 12.1. The second kappa shape index (κ2) is 10.5. The number of nitrogens with zero attached hydrogens (tertiary/aromatic N) is 6. The van der Waals surface area contributed by atoms with Crippen molar-refractivity contribution in [3.63, 3.8) is 0 Å². The van der Waals surface area contributed by atoms with Crippen LogP contribution in [0.2, 0.25) is 0 Å². The highest BCUT2D eigenvalue weighted by Gasteiger charge is 2.43. The van der Waals surface area contributed by atoms with Crippen LogP contribution in [0.15, 0.2) is 119 Å². The van der Waals surface area contributed by atoms with Crippen LogP contribution in [-0.4, -0.2) is 20.3 Å². The van der Waals surface area contributed by atoms with Crippen molar-refractivity contribution in [2.24, 2.45) is 16.9 Å². The number of fused-ring (bicyclic) bond motifs is 2. The van der Waals surface area contributed by atoms with E-state index >= 15 is 0 Å². The van der Waals surface area contributed by atoms with Crippen molar-refractivity contribution < 1.29 is 4.92 Å². The molecule has 44 heavy (non-hydrogen) atoms. The van der Waals surface area contributed by atoms with Crippen molar-refractivity contribution in [3.05, 3.63) is 142 Å². The molecule has 0 saturated heterocycles. The molecule has 8 nitrogen and oxygen atoms in total. The average molecular weight is 599 g/mol. The van der Waals surface area contributed by atoms with E-state index < -0.39 is 7.21 Å². The Bertz CT molecular complexity index is 2160. The lowest BCUT2D eigenvalue weighted by Gasteiger charge is -2.38. The van der Waals surface area contributed by atoms with Crippen molar-refractivity contribution in [2.45, 2.75) is 20.8 Å². The van der Waals surface area contributed by atoms with Crippen LogP contribution in [0.3, 0.4) is 0 Å². The number of anilines is 1. The molecule has 0 bridgehead atoms. The van der Waals surface area contributed by atoms with Gasteiger partial charge in [-0.2, -0.15) is 5.10 Å². The molecule has 0 N–H and O–H groups in total. The van der Waals surface area contributed by atoms with Gasteiger partial charge in [0.2, 0.25) is 0 Å². The van der Waals surface area contributed by atoms with Crippen LogP contribution < -0.4 is 15.5 Å². The summed E-state index contributed by atoms with van der Waals surface area (Å²) in [4.78, 5) is 11.6. The fourth-order valence-electron chi connectivity index (χ4n) is 6.34. The first kappa shape index (κ1) is 27.6. The standard InChI is InChI=1S/C35H31N6O2P/c1-24-19-20-30(41(42)43)22-32(24)37-44(34-21-27-13-11-12-18-33(27)38(34)4)35-26(3)39(28-14-7-5-8-15-28)25(2)31(35)23-36-40(44)29-16-9-6-10-17-29/h5-23H,1-4H3. The zero-order valence-corrected chi connectivity index (χ0v) is 25.8. The topological polar surface area (TPSA) is 81.0 Å². The Labute approximate surface area is 255 Å². The third kappa shape index (κ3) is 4.13. The van der Waals surface area contributed by atoms with Gasteiger partial charge in [0.05, 0.1) is 27.9 Å². The highest BCUT2D eigenvalue weighted by molar-refractivity contribution is 7.82. The predicted molar refractivity (Wildman–Crippen MR) is 181 cm³/mol.